The molecule has 0 N–H and O–H groups in total. The van der Waals surface area contributed by atoms with E-state index in [9.17, 15) is 14.9 Å². The largest absolute Gasteiger partial charge is 0.493 e. The molecule has 30 heavy (non-hydrogen) atoms. The number of rotatable bonds is 8. The van der Waals surface area contributed by atoms with Gasteiger partial charge in [-0.3, -0.25) is 10.1 Å². The summed E-state index contributed by atoms with van der Waals surface area (Å²) in [6.07, 6.45) is 3.57. The first kappa shape index (κ1) is 21.0. The molecule has 0 radical (unpaired) electrons. The molecule has 156 valence electrons. The maximum Gasteiger partial charge on any atom is 0.363 e. The fraction of sp³-hybridized carbons (Fsp3) is 0.273. The lowest BCUT2D eigenvalue weighted by molar-refractivity contribution is -0.385. The Kier molecular flexibility index (Phi) is 6.46. The number of unbranched alkanes of at least 4 members (excludes halogenated alkanes) is 1. The van der Waals surface area contributed by atoms with Gasteiger partial charge in [-0.25, -0.2) is 9.79 Å². The third-order valence-electron chi connectivity index (χ3n) is 4.51. The number of carbonyl (C=O) groups excluding carboxylic acids is 1. The van der Waals surface area contributed by atoms with E-state index in [0.717, 1.165) is 12.8 Å². The Labute approximate surface area is 173 Å². The van der Waals surface area contributed by atoms with Crippen molar-refractivity contribution in [2.45, 2.75) is 26.7 Å². The van der Waals surface area contributed by atoms with E-state index in [1.165, 1.54) is 12.1 Å². The van der Waals surface area contributed by atoms with E-state index in [4.69, 9.17) is 14.2 Å². The molecule has 2 aromatic carbocycles. The van der Waals surface area contributed by atoms with E-state index >= 15 is 0 Å². The predicted molar refractivity (Wildman–Crippen MR) is 112 cm³/mol. The maximum atomic E-state index is 12.2. The molecule has 0 saturated carbocycles. The molecule has 0 spiro atoms. The molecular formula is C22H22N2O6. The number of nitrogens with zero attached hydrogens (tertiary/aromatic N) is 2. The van der Waals surface area contributed by atoms with Gasteiger partial charge in [-0.1, -0.05) is 19.4 Å². The van der Waals surface area contributed by atoms with Crippen molar-refractivity contribution in [3.05, 3.63) is 68.9 Å². The molecule has 0 aliphatic carbocycles. The Morgan fingerprint density at radius 2 is 2.00 bits per heavy atom. The zero-order valence-corrected chi connectivity index (χ0v) is 17.0. The predicted octanol–water partition coefficient (Wildman–Crippen LogP) is 4.44. The van der Waals surface area contributed by atoms with Gasteiger partial charge in [-0.15, -0.1) is 0 Å². The number of hydrogen-bond acceptors (Lipinski definition) is 7. The highest BCUT2D eigenvalue weighted by molar-refractivity contribution is 6.13. The average Bonchev–Trinajstić information content (AvgIpc) is 3.09. The molecule has 0 atom stereocenters. The second-order valence-corrected chi connectivity index (χ2v) is 6.71. The quantitative estimate of drug-likeness (QED) is 0.210. The van der Waals surface area contributed by atoms with Crippen molar-refractivity contribution < 1.29 is 23.9 Å². The third kappa shape index (κ3) is 4.65. The lowest BCUT2D eigenvalue weighted by atomic mass is 10.1. The Morgan fingerprint density at radius 1 is 1.20 bits per heavy atom. The van der Waals surface area contributed by atoms with E-state index in [2.05, 4.69) is 11.9 Å². The van der Waals surface area contributed by atoms with Gasteiger partial charge < -0.3 is 14.2 Å². The van der Waals surface area contributed by atoms with Crippen LogP contribution >= 0.6 is 0 Å². The van der Waals surface area contributed by atoms with Crippen LogP contribution in [0.4, 0.5) is 5.69 Å². The molecular weight excluding hydrogens is 388 g/mol. The van der Waals surface area contributed by atoms with Crippen LogP contribution in [0.3, 0.4) is 0 Å². The van der Waals surface area contributed by atoms with E-state index in [1.807, 2.05) is 0 Å². The Morgan fingerprint density at radius 3 is 2.67 bits per heavy atom. The molecule has 0 bridgehead atoms. The number of cyclic esters (lactones) is 1. The van der Waals surface area contributed by atoms with Gasteiger partial charge in [0.25, 0.3) is 5.69 Å². The Hall–Kier alpha value is -3.68. The fourth-order valence-corrected chi connectivity index (χ4v) is 2.90. The normalized spacial score (nSPS) is 14.4. The molecule has 3 rings (SSSR count). The zero-order chi connectivity index (χ0) is 21.7. The summed E-state index contributed by atoms with van der Waals surface area (Å²) in [6, 6.07) is 9.78. The molecule has 1 aliphatic heterocycles. The van der Waals surface area contributed by atoms with E-state index in [1.54, 1.807) is 44.4 Å². The van der Waals surface area contributed by atoms with Crippen LogP contribution in [0.15, 0.2) is 47.1 Å². The van der Waals surface area contributed by atoms with Crippen LogP contribution in [0.1, 0.15) is 36.5 Å². The molecule has 1 aliphatic rings. The van der Waals surface area contributed by atoms with Gasteiger partial charge in [0.05, 0.1) is 18.6 Å². The molecule has 1 heterocycles. The number of nitro benzene ring substituents is 1. The minimum absolute atomic E-state index is 0.00669. The van der Waals surface area contributed by atoms with Gasteiger partial charge in [0.2, 0.25) is 5.90 Å². The number of aryl methyl sites for hydroxylation is 1. The number of carbonyl (C=O) groups is 1. The number of hydrogen-bond donors (Lipinski definition) is 0. The highest BCUT2D eigenvalue weighted by Gasteiger charge is 2.25. The molecule has 8 nitrogen and oxygen atoms in total. The van der Waals surface area contributed by atoms with Crippen molar-refractivity contribution in [3.63, 3.8) is 0 Å². The van der Waals surface area contributed by atoms with Crippen molar-refractivity contribution in [2.24, 2.45) is 4.99 Å². The first-order valence-electron chi connectivity index (χ1n) is 9.51. The molecule has 8 heteroatoms. The zero-order valence-electron chi connectivity index (χ0n) is 17.0. The van der Waals surface area contributed by atoms with Gasteiger partial charge in [0.15, 0.2) is 17.2 Å². The van der Waals surface area contributed by atoms with Gasteiger partial charge in [0, 0.05) is 17.2 Å². The van der Waals surface area contributed by atoms with Crippen LogP contribution in [0.2, 0.25) is 0 Å². The number of nitro groups is 1. The third-order valence-corrected chi connectivity index (χ3v) is 4.51. The van der Waals surface area contributed by atoms with Gasteiger partial charge in [-0.05, 0) is 49.2 Å². The van der Waals surface area contributed by atoms with Gasteiger partial charge in [0.1, 0.15) is 0 Å². The lowest BCUT2D eigenvalue weighted by Gasteiger charge is -2.10. The molecule has 0 unspecified atom stereocenters. The maximum absolute atomic E-state index is 12.2. The summed E-state index contributed by atoms with van der Waals surface area (Å²) in [5.41, 5.74) is 1.77. The van der Waals surface area contributed by atoms with Crippen molar-refractivity contribution >= 4 is 23.6 Å². The van der Waals surface area contributed by atoms with E-state index < -0.39 is 10.9 Å². The highest BCUT2D eigenvalue weighted by atomic mass is 16.6. The Bertz CT molecular complexity index is 1040. The first-order valence-corrected chi connectivity index (χ1v) is 9.51. The van der Waals surface area contributed by atoms with Crippen molar-refractivity contribution in [2.75, 3.05) is 13.7 Å². The Balaban J connectivity index is 1.85. The average molecular weight is 410 g/mol. The smallest absolute Gasteiger partial charge is 0.363 e. The summed E-state index contributed by atoms with van der Waals surface area (Å²) in [5, 5.41) is 11.0. The van der Waals surface area contributed by atoms with Crippen LogP contribution in [0.5, 0.6) is 11.5 Å². The second kappa shape index (κ2) is 9.21. The SMILES string of the molecule is CCCCOc1ccc(/C=C2\N=C(c3ccc([N+](=O)[O-])c(C)c3)OC2=O)cc1OC. The van der Waals surface area contributed by atoms with E-state index in [0.29, 0.717) is 34.8 Å². The number of methoxy groups -OCH3 is 1. The van der Waals surface area contributed by atoms with Crippen molar-refractivity contribution in [1.29, 1.82) is 0 Å². The minimum atomic E-state index is -0.594. The lowest BCUT2D eigenvalue weighted by Crippen LogP contribution is -2.06. The fourth-order valence-electron chi connectivity index (χ4n) is 2.90. The highest BCUT2D eigenvalue weighted by Crippen LogP contribution is 2.30. The first-order chi connectivity index (χ1) is 14.4. The molecule has 2 aromatic rings. The van der Waals surface area contributed by atoms with Gasteiger partial charge in [-0.2, -0.15) is 0 Å². The van der Waals surface area contributed by atoms with Crippen LogP contribution < -0.4 is 9.47 Å². The number of aliphatic imine (C=N–C) groups is 1. The van der Waals surface area contributed by atoms with Crippen molar-refractivity contribution in [1.82, 2.24) is 0 Å². The van der Waals surface area contributed by atoms with Crippen molar-refractivity contribution in [3.8, 4) is 11.5 Å². The van der Waals surface area contributed by atoms with Crippen LogP contribution in [0, 0.1) is 17.0 Å². The summed E-state index contributed by atoms with van der Waals surface area (Å²) in [7, 11) is 1.55. The monoisotopic (exact) mass is 410 g/mol. The van der Waals surface area contributed by atoms with Crippen LogP contribution in [-0.4, -0.2) is 30.5 Å². The van der Waals surface area contributed by atoms with Gasteiger partial charge >= 0.3 is 5.97 Å². The molecule has 0 saturated heterocycles. The van der Waals surface area contributed by atoms with Crippen LogP contribution in [0.25, 0.3) is 6.08 Å². The molecule has 0 amide bonds. The van der Waals surface area contributed by atoms with Crippen LogP contribution in [-0.2, 0) is 9.53 Å². The molecule has 0 fully saturated rings. The topological polar surface area (TPSA) is 100 Å². The van der Waals surface area contributed by atoms with E-state index in [-0.39, 0.29) is 17.3 Å². The standard InChI is InChI=1S/C22H22N2O6/c1-4-5-10-29-19-9-6-15(13-20(19)28-3)12-17-22(25)30-21(23-17)16-7-8-18(24(26)27)14(2)11-16/h6-9,11-13H,4-5,10H2,1-3H3/b17-12-. The summed E-state index contributed by atoms with van der Waals surface area (Å²) in [5.74, 6) is 0.702. The summed E-state index contributed by atoms with van der Waals surface area (Å²) < 4.78 is 16.3. The second-order valence-electron chi connectivity index (χ2n) is 6.71. The summed E-state index contributed by atoms with van der Waals surface area (Å²) in [4.78, 5) is 27.0. The minimum Gasteiger partial charge on any atom is -0.493 e. The molecule has 0 aromatic heterocycles. The number of esters is 1. The number of benzene rings is 2. The summed E-state index contributed by atoms with van der Waals surface area (Å²) >= 11 is 0. The summed E-state index contributed by atoms with van der Waals surface area (Å²) in [6.45, 7) is 4.30. The number of ether oxygens (including phenoxy) is 3.